The van der Waals surface area contributed by atoms with E-state index in [0.29, 0.717) is 36.4 Å². The van der Waals surface area contributed by atoms with Crippen molar-refractivity contribution < 1.29 is 22.9 Å². The minimum absolute atomic E-state index is 0.0625. The van der Waals surface area contributed by atoms with E-state index in [1.54, 1.807) is 6.07 Å². The fourth-order valence-corrected chi connectivity index (χ4v) is 6.34. The number of pyridine rings is 1. The molecule has 2 aromatic carbocycles. The molecule has 0 aliphatic carbocycles. The highest BCUT2D eigenvalue weighted by Crippen LogP contribution is 2.32. The molecular weight excluding hydrogens is 562 g/mol. The lowest BCUT2D eigenvalue weighted by atomic mass is 9.88. The maximum absolute atomic E-state index is 13.7. The normalized spacial score (nSPS) is 17.5. The number of hydrogen-bond donors (Lipinski definition) is 4. The lowest BCUT2D eigenvalue weighted by Gasteiger charge is -2.30. The Bertz CT molecular complexity index is 1440. The van der Waals surface area contributed by atoms with Crippen LogP contribution in [0.5, 0.6) is 0 Å². The third-order valence-electron chi connectivity index (χ3n) is 7.68. The molecule has 5 rings (SSSR count). The van der Waals surface area contributed by atoms with Crippen LogP contribution >= 0.6 is 0 Å². The van der Waals surface area contributed by atoms with Crippen molar-refractivity contribution in [3.8, 4) is 0 Å². The zero-order valence-corrected chi connectivity index (χ0v) is 24.1. The van der Waals surface area contributed by atoms with Crippen LogP contribution in [0.15, 0.2) is 58.5 Å². The molecule has 1 aromatic heterocycles. The van der Waals surface area contributed by atoms with Gasteiger partial charge in [0.15, 0.2) is 10.7 Å². The number of benzene rings is 2. The van der Waals surface area contributed by atoms with E-state index in [1.807, 2.05) is 12.1 Å². The van der Waals surface area contributed by atoms with Crippen LogP contribution in [-0.2, 0) is 15.9 Å². The lowest BCUT2D eigenvalue weighted by molar-refractivity contribution is 0.0904. The summed E-state index contributed by atoms with van der Waals surface area (Å²) in [5.74, 6) is -2.27. The first-order chi connectivity index (χ1) is 20.2. The van der Waals surface area contributed by atoms with Crippen molar-refractivity contribution in [3.63, 3.8) is 0 Å². The number of aromatic nitrogens is 1. The molecule has 42 heavy (non-hydrogen) atoms. The molecule has 2 saturated heterocycles. The van der Waals surface area contributed by atoms with E-state index in [4.69, 9.17) is 15.9 Å². The fourth-order valence-electron chi connectivity index (χ4n) is 5.29. The van der Waals surface area contributed by atoms with Crippen LogP contribution in [-0.4, -0.2) is 65.6 Å². The summed E-state index contributed by atoms with van der Waals surface area (Å²) >= 11 is -2.05. The Morgan fingerprint density at radius 2 is 1.76 bits per heavy atom. The summed E-state index contributed by atoms with van der Waals surface area (Å²) in [5.41, 5.74) is 8.25. The number of amidine groups is 1. The largest absolute Gasteiger partial charge is 0.605 e. The van der Waals surface area contributed by atoms with E-state index >= 15 is 0 Å². The molecule has 12 heteroatoms. The number of likely N-dealkylation sites (tertiary alicyclic amines) is 1. The van der Waals surface area contributed by atoms with Gasteiger partial charge in [-0.2, -0.15) is 4.98 Å². The van der Waals surface area contributed by atoms with Gasteiger partial charge in [-0.1, -0.05) is 6.07 Å². The highest BCUT2D eigenvalue weighted by Gasteiger charge is 2.25. The number of carbonyl (C=O) groups excluding carboxylic acids is 1. The first-order valence-corrected chi connectivity index (χ1v) is 15.0. The predicted molar refractivity (Wildman–Crippen MR) is 157 cm³/mol. The van der Waals surface area contributed by atoms with Crippen molar-refractivity contribution in [1.29, 1.82) is 5.41 Å². The second-order valence-corrected chi connectivity index (χ2v) is 12.1. The van der Waals surface area contributed by atoms with Gasteiger partial charge in [0.2, 0.25) is 0 Å². The molecule has 2 aliphatic rings. The Hall–Kier alpha value is -3.58. The molecular formula is C30H34F2N6O3S. The van der Waals surface area contributed by atoms with Crippen LogP contribution in [0.1, 0.15) is 53.2 Å². The molecule has 2 fully saturated rings. The standard InChI is InChI=1S/C30H34F2N6O3S/c1-38-10-6-18(7-11-38)19-2-3-24(26(14-19)35-22-8-12-41-13-9-22)30(39)37-29(34)28-25(33)4-5-27(36-28)42(40)23-16-20(31)15-21(32)17-23/h2-5,14-18,22,35H,6-13,33H2,1H3,(H2,34,37,39). The summed E-state index contributed by atoms with van der Waals surface area (Å²) in [6.45, 7) is 3.31. The topological polar surface area (TPSA) is 139 Å². The summed E-state index contributed by atoms with van der Waals surface area (Å²) in [7, 11) is 2.12. The lowest BCUT2D eigenvalue weighted by Crippen LogP contribution is -2.34. The fraction of sp³-hybridized carbons (Fsp3) is 0.367. The average Bonchev–Trinajstić information content (AvgIpc) is 2.97. The van der Waals surface area contributed by atoms with Crippen LogP contribution in [0.3, 0.4) is 0 Å². The summed E-state index contributed by atoms with van der Waals surface area (Å²) < 4.78 is 45.9. The summed E-state index contributed by atoms with van der Waals surface area (Å²) in [6.07, 6.45) is 3.70. The summed E-state index contributed by atoms with van der Waals surface area (Å²) in [4.78, 5) is 19.9. The molecule has 3 aromatic rings. The maximum atomic E-state index is 13.7. The first-order valence-electron chi connectivity index (χ1n) is 13.9. The van der Waals surface area contributed by atoms with Gasteiger partial charge in [-0.3, -0.25) is 10.2 Å². The Morgan fingerprint density at radius 3 is 2.45 bits per heavy atom. The van der Waals surface area contributed by atoms with Gasteiger partial charge in [-0.25, -0.2) is 8.78 Å². The van der Waals surface area contributed by atoms with E-state index in [9.17, 15) is 18.1 Å². The highest BCUT2D eigenvalue weighted by molar-refractivity contribution is 7.91. The number of carbonyl (C=O) groups is 1. The number of piperidine rings is 1. The number of nitrogens with two attached hydrogens (primary N) is 1. The minimum Gasteiger partial charge on any atom is -0.605 e. The van der Waals surface area contributed by atoms with E-state index in [-0.39, 0.29) is 27.3 Å². The molecule has 9 nitrogen and oxygen atoms in total. The van der Waals surface area contributed by atoms with Crippen LogP contribution in [0.2, 0.25) is 0 Å². The molecule has 3 heterocycles. The molecule has 1 amide bonds. The van der Waals surface area contributed by atoms with Gasteiger partial charge in [0.1, 0.15) is 17.3 Å². The SMILES string of the molecule is CN1CCC(c2ccc(C(=O)NC(=N)c3nc([S+]([O-])c4cc(F)cc(F)c4)ccc3N)c(NC3CCOCC3)c2)CC1. The van der Waals surface area contributed by atoms with Crippen LogP contribution in [0, 0.1) is 17.0 Å². The van der Waals surface area contributed by atoms with Crippen molar-refractivity contribution in [2.45, 2.75) is 47.6 Å². The second-order valence-electron chi connectivity index (χ2n) is 10.7. The third kappa shape index (κ3) is 7.06. The molecule has 5 N–H and O–H groups in total. The van der Waals surface area contributed by atoms with Gasteiger partial charge in [-0.05, 0) is 75.5 Å². The number of nitrogen functional groups attached to an aromatic ring is 1. The minimum atomic E-state index is -2.05. The molecule has 0 saturated carbocycles. The number of halogens is 2. The van der Waals surface area contributed by atoms with Crippen molar-refractivity contribution in [2.75, 3.05) is 44.4 Å². The van der Waals surface area contributed by atoms with E-state index in [1.165, 1.54) is 17.7 Å². The van der Waals surface area contributed by atoms with Crippen molar-refractivity contribution in [3.05, 3.63) is 77.0 Å². The number of nitrogens with zero attached hydrogens (tertiary/aromatic N) is 2. The smallest absolute Gasteiger partial charge is 0.258 e. The van der Waals surface area contributed by atoms with E-state index in [0.717, 1.165) is 50.9 Å². The molecule has 1 atom stereocenters. The quantitative estimate of drug-likeness (QED) is 0.182. The van der Waals surface area contributed by atoms with Crippen molar-refractivity contribution >= 4 is 34.3 Å². The molecule has 2 aliphatic heterocycles. The number of hydrogen-bond acceptors (Lipinski definition) is 8. The monoisotopic (exact) mass is 596 g/mol. The molecule has 222 valence electrons. The number of ether oxygens (including phenoxy) is 1. The average molecular weight is 597 g/mol. The Balaban J connectivity index is 1.37. The molecule has 0 spiro atoms. The molecule has 0 radical (unpaired) electrons. The number of anilines is 2. The van der Waals surface area contributed by atoms with Crippen LogP contribution in [0.25, 0.3) is 0 Å². The van der Waals surface area contributed by atoms with Gasteiger partial charge in [0, 0.05) is 60.4 Å². The third-order valence-corrected chi connectivity index (χ3v) is 8.95. The van der Waals surface area contributed by atoms with Gasteiger partial charge in [-0.15, -0.1) is 0 Å². The predicted octanol–water partition coefficient (Wildman–Crippen LogP) is 4.26. The van der Waals surface area contributed by atoms with Gasteiger partial charge < -0.3 is 30.6 Å². The van der Waals surface area contributed by atoms with Crippen LogP contribution < -0.4 is 16.4 Å². The van der Waals surface area contributed by atoms with E-state index < -0.39 is 34.6 Å². The van der Waals surface area contributed by atoms with Gasteiger partial charge in [0.05, 0.1) is 11.3 Å². The van der Waals surface area contributed by atoms with Gasteiger partial charge in [0.25, 0.3) is 10.9 Å². The Kier molecular flexibility index (Phi) is 9.37. The van der Waals surface area contributed by atoms with Crippen LogP contribution in [0.4, 0.5) is 20.2 Å². The zero-order chi connectivity index (χ0) is 29.8. The highest BCUT2D eigenvalue weighted by atomic mass is 32.2. The second kappa shape index (κ2) is 13.2. The zero-order valence-electron chi connectivity index (χ0n) is 23.3. The van der Waals surface area contributed by atoms with E-state index in [2.05, 4.69) is 27.6 Å². The maximum Gasteiger partial charge on any atom is 0.258 e. The Morgan fingerprint density at radius 1 is 1.07 bits per heavy atom. The number of amides is 1. The number of rotatable bonds is 7. The summed E-state index contributed by atoms with van der Waals surface area (Å²) in [5, 5.41) is 14.6. The molecule has 0 bridgehead atoms. The van der Waals surface area contributed by atoms with Gasteiger partial charge >= 0.3 is 0 Å². The first kappa shape index (κ1) is 29.9. The Labute approximate surface area is 246 Å². The molecule has 1 unspecified atom stereocenters. The van der Waals surface area contributed by atoms with Crippen molar-refractivity contribution in [1.82, 2.24) is 15.2 Å². The summed E-state index contributed by atoms with van der Waals surface area (Å²) in [6, 6.07) is 11.3. The van der Waals surface area contributed by atoms with Crippen molar-refractivity contribution in [2.24, 2.45) is 0 Å². The number of nitrogens with one attached hydrogen (secondary N) is 3.